The van der Waals surface area contributed by atoms with E-state index in [1.54, 1.807) is 0 Å². The van der Waals surface area contributed by atoms with Crippen LogP contribution in [0.2, 0.25) is 0 Å². The summed E-state index contributed by atoms with van der Waals surface area (Å²) < 4.78 is 5.75. The summed E-state index contributed by atoms with van der Waals surface area (Å²) in [6.07, 6.45) is 0.936. The molecule has 0 radical (unpaired) electrons. The minimum Gasteiger partial charge on any atom is -0.457 e. The fourth-order valence-electron chi connectivity index (χ4n) is 1.87. The zero-order valence-electron chi connectivity index (χ0n) is 12.7. The maximum atomic E-state index is 9.41. The topological polar surface area (TPSA) is 41.5 Å². The lowest BCUT2D eigenvalue weighted by Gasteiger charge is -2.26. The molecular formula is C18H23NO2. The molecule has 0 fully saturated rings. The van der Waals surface area contributed by atoms with Gasteiger partial charge in [-0.1, -0.05) is 32.0 Å². The lowest BCUT2D eigenvalue weighted by molar-refractivity contribution is 0.149. The number of anilines is 1. The van der Waals surface area contributed by atoms with E-state index in [2.05, 4.69) is 19.2 Å². The minimum atomic E-state index is -0.0841. The van der Waals surface area contributed by atoms with Gasteiger partial charge < -0.3 is 15.2 Å². The Hall–Kier alpha value is -2.00. The van der Waals surface area contributed by atoms with Crippen LogP contribution in [-0.2, 0) is 0 Å². The number of benzene rings is 2. The first-order chi connectivity index (χ1) is 10.1. The molecule has 1 atom stereocenters. The first-order valence-electron chi connectivity index (χ1n) is 7.33. The van der Waals surface area contributed by atoms with Gasteiger partial charge in [-0.2, -0.15) is 0 Å². The van der Waals surface area contributed by atoms with Crippen LogP contribution in [0.25, 0.3) is 0 Å². The van der Waals surface area contributed by atoms with Crippen LogP contribution in [0.15, 0.2) is 54.6 Å². The standard InChI is InChI=1S/C18H23NO2/c1-3-18(2,14-20)13-19-15-9-11-17(12-10-15)21-16-7-5-4-6-8-16/h4-12,19-20H,3,13-14H2,1-2H3. The average Bonchev–Trinajstić information content (AvgIpc) is 2.55. The molecule has 0 spiro atoms. The van der Waals surface area contributed by atoms with E-state index in [-0.39, 0.29) is 12.0 Å². The van der Waals surface area contributed by atoms with Crippen molar-refractivity contribution in [2.75, 3.05) is 18.5 Å². The highest BCUT2D eigenvalue weighted by Gasteiger charge is 2.20. The van der Waals surface area contributed by atoms with Gasteiger partial charge in [0, 0.05) is 17.6 Å². The summed E-state index contributed by atoms with van der Waals surface area (Å²) >= 11 is 0. The number of rotatable bonds is 7. The van der Waals surface area contributed by atoms with Crippen LogP contribution in [-0.4, -0.2) is 18.3 Å². The normalized spacial score (nSPS) is 13.5. The number of aliphatic hydroxyl groups is 1. The molecule has 21 heavy (non-hydrogen) atoms. The molecule has 0 heterocycles. The van der Waals surface area contributed by atoms with Gasteiger partial charge in [-0.15, -0.1) is 0 Å². The molecule has 112 valence electrons. The van der Waals surface area contributed by atoms with Gasteiger partial charge in [-0.05, 0) is 42.8 Å². The summed E-state index contributed by atoms with van der Waals surface area (Å²) in [7, 11) is 0. The van der Waals surface area contributed by atoms with Crippen molar-refractivity contribution in [3.8, 4) is 11.5 Å². The van der Waals surface area contributed by atoms with Crippen molar-refractivity contribution in [1.82, 2.24) is 0 Å². The average molecular weight is 285 g/mol. The molecule has 3 nitrogen and oxygen atoms in total. The highest BCUT2D eigenvalue weighted by atomic mass is 16.5. The molecule has 0 saturated carbocycles. The highest BCUT2D eigenvalue weighted by Crippen LogP contribution is 2.24. The number of aliphatic hydroxyl groups excluding tert-OH is 1. The highest BCUT2D eigenvalue weighted by molar-refractivity contribution is 5.47. The van der Waals surface area contributed by atoms with E-state index in [0.717, 1.165) is 30.2 Å². The molecule has 0 aliphatic heterocycles. The van der Waals surface area contributed by atoms with Gasteiger partial charge in [0.15, 0.2) is 0 Å². The number of hydrogen-bond donors (Lipinski definition) is 2. The summed E-state index contributed by atoms with van der Waals surface area (Å²) in [6, 6.07) is 17.6. The lowest BCUT2D eigenvalue weighted by atomic mass is 9.88. The SMILES string of the molecule is CCC(C)(CO)CNc1ccc(Oc2ccccc2)cc1. The van der Waals surface area contributed by atoms with Gasteiger partial charge in [-0.25, -0.2) is 0 Å². The van der Waals surface area contributed by atoms with E-state index in [1.807, 2.05) is 54.6 Å². The van der Waals surface area contributed by atoms with Crippen LogP contribution < -0.4 is 10.1 Å². The second-order valence-electron chi connectivity index (χ2n) is 5.62. The number of ether oxygens (including phenoxy) is 1. The summed E-state index contributed by atoms with van der Waals surface area (Å²) in [5.41, 5.74) is 0.947. The molecule has 2 rings (SSSR count). The third-order valence-electron chi connectivity index (χ3n) is 3.79. The Morgan fingerprint density at radius 2 is 1.62 bits per heavy atom. The van der Waals surface area contributed by atoms with E-state index in [1.165, 1.54) is 0 Å². The molecule has 3 heteroatoms. The first kappa shape index (κ1) is 15.4. The second kappa shape index (κ2) is 7.14. The van der Waals surface area contributed by atoms with Crippen molar-refractivity contribution in [3.05, 3.63) is 54.6 Å². The minimum absolute atomic E-state index is 0.0841. The Kier molecular flexibility index (Phi) is 5.23. The Morgan fingerprint density at radius 3 is 2.19 bits per heavy atom. The number of nitrogens with one attached hydrogen (secondary N) is 1. The van der Waals surface area contributed by atoms with Crippen LogP contribution in [0.5, 0.6) is 11.5 Å². The van der Waals surface area contributed by atoms with Crippen molar-refractivity contribution in [2.45, 2.75) is 20.3 Å². The first-order valence-corrected chi connectivity index (χ1v) is 7.33. The fourth-order valence-corrected chi connectivity index (χ4v) is 1.87. The number of para-hydroxylation sites is 1. The maximum Gasteiger partial charge on any atom is 0.127 e. The van der Waals surface area contributed by atoms with Crippen molar-refractivity contribution in [3.63, 3.8) is 0 Å². The Bertz CT molecular complexity index is 533. The van der Waals surface area contributed by atoms with Crippen LogP contribution >= 0.6 is 0 Å². The van der Waals surface area contributed by atoms with Crippen molar-refractivity contribution >= 4 is 5.69 Å². The van der Waals surface area contributed by atoms with Gasteiger partial charge in [-0.3, -0.25) is 0 Å². The summed E-state index contributed by atoms with van der Waals surface area (Å²) in [4.78, 5) is 0. The Balaban J connectivity index is 1.93. The van der Waals surface area contributed by atoms with E-state index in [9.17, 15) is 5.11 Å². The van der Waals surface area contributed by atoms with Crippen molar-refractivity contribution in [2.24, 2.45) is 5.41 Å². The lowest BCUT2D eigenvalue weighted by Crippen LogP contribution is -2.29. The predicted molar refractivity (Wildman–Crippen MR) is 86.9 cm³/mol. The van der Waals surface area contributed by atoms with Crippen molar-refractivity contribution < 1.29 is 9.84 Å². The quantitative estimate of drug-likeness (QED) is 0.797. The van der Waals surface area contributed by atoms with Gasteiger partial charge in [0.25, 0.3) is 0 Å². The third-order valence-corrected chi connectivity index (χ3v) is 3.79. The predicted octanol–water partition coefficient (Wildman–Crippen LogP) is 4.30. The van der Waals surface area contributed by atoms with E-state index >= 15 is 0 Å². The molecule has 1 unspecified atom stereocenters. The van der Waals surface area contributed by atoms with Gasteiger partial charge in [0.1, 0.15) is 11.5 Å². The van der Waals surface area contributed by atoms with E-state index in [0.29, 0.717) is 0 Å². The molecular weight excluding hydrogens is 262 g/mol. The molecule has 2 aromatic carbocycles. The van der Waals surface area contributed by atoms with Crippen LogP contribution in [0.3, 0.4) is 0 Å². The molecule has 0 saturated heterocycles. The fraction of sp³-hybridized carbons (Fsp3) is 0.333. The second-order valence-corrected chi connectivity index (χ2v) is 5.62. The van der Waals surface area contributed by atoms with Crippen LogP contribution in [0.1, 0.15) is 20.3 Å². The van der Waals surface area contributed by atoms with Gasteiger partial charge in [0.05, 0.1) is 6.61 Å². The summed E-state index contributed by atoms with van der Waals surface area (Å²) in [5, 5.41) is 12.8. The Morgan fingerprint density at radius 1 is 1.00 bits per heavy atom. The molecule has 2 aromatic rings. The molecule has 2 N–H and O–H groups in total. The van der Waals surface area contributed by atoms with Crippen LogP contribution in [0, 0.1) is 5.41 Å². The molecule has 0 aliphatic rings. The van der Waals surface area contributed by atoms with Crippen molar-refractivity contribution in [1.29, 1.82) is 0 Å². The number of hydrogen-bond acceptors (Lipinski definition) is 3. The molecule has 0 aromatic heterocycles. The summed E-state index contributed by atoms with van der Waals surface area (Å²) in [6.45, 7) is 5.10. The molecule has 0 bridgehead atoms. The van der Waals surface area contributed by atoms with Gasteiger partial charge in [0.2, 0.25) is 0 Å². The largest absolute Gasteiger partial charge is 0.457 e. The molecule has 0 aliphatic carbocycles. The zero-order valence-corrected chi connectivity index (χ0v) is 12.7. The van der Waals surface area contributed by atoms with E-state index < -0.39 is 0 Å². The molecule has 0 amide bonds. The zero-order chi connectivity index (χ0) is 15.1. The summed E-state index contributed by atoms with van der Waals surface area (Å²) in [5.74, 6) is 1.64. The van der Waals surface area contributed by atoms with E-state index in [4.69, 9.17) is 4.74 Å². The Labute approximate surface area is 126 Å². The maximum absolute atomic E-state index is 9.41. The van der Waals surface area contributed by atoms with Gasteiger partial charge >= 0.3 is 0 Å². The third kappa shape index (κ3) is 4.50. The monoisotopic (exact) mass is 285 g/mol. The smallest absolute Gasteiger partial charge is 0.127 e. The van der Waals surface area contributed by atoms with Crippen LogP contribution in [0.4, 0.5) is 5.69 Å².